The summed E-state index contributed by atoms with van der Waals surface area (Å²) < 4.78 is 5.80. The molecule has 0 aromatic heterocycles. The number of hydrogen-bond donors (Lipinski definition) is 2. The van der Waals surface area contributed by atoms with Crippen LogP contribution in [0.5, 0.6) is 5.75 Å². The van der Waals surface area contributed by atoms with E-state index in [2.05, 4.69) is 38.9 Å². The number of ether oxygens (including phenoxy) is 1. The van der Waals surface area contributed by atoms with Crippen molar-refractivity contribution in [3.8, 4) is 5.75 Å². The second-order valence-electron chi connectivity index (χ2n) is 6.74. The predicted molar refractivity (Wildman–Crippen MR) is 124 cm³/mol. The number of halogens is 1. The number of nitrogens with one attached hydrogen (secondary N) is 2. The molecule has 5 nitrogen and oxygen atoms in total. The Labute approximate surface area is 179 Å². The van der Waals surface area contributed by atoms with Crippen molar-refractivity contribution in [3.05, 3.63) is 29.8 Å². The summed E-state index contributed by atoms with van der Waals surface area (Å²) in [5, 5.41) is 7.75. The summed E-state index contributed by atoms with van der Waals surface area (Å²) >= 11 is 1.97. The first kappa shape index (κ1) is 23.4. The van der Waals surface area contributed by atoms with Gasteiger partial charge in [-0.15, -0.1) is 24.0 Å². The maximum atomic E-state index is 5.80. The topological polar surface area (TPSA) is 48.9 Å². The van der Waals surface area contributed by atoms with Gasteiger partial charge < -0.3 is 20.3 Å². The van der Waals surface area contributed by atoms with Crippen LogP contribution < -0.4 is 15.4 Å². The fourth-order valence-corrected chi connectivity index (χ4v) is 3.75. The molecule has 2 N–H and O–H groups in total. The summed E-state index contributed by atoms with van der Waals surface area (Å²) in [5.41, 5.74) is 1.19. The van der Waals surface area contributed by atoms with Crippen LogP contribution in [-0.2, 0) is 6.54 Å². The molecule has 2 unspecified atom stereocenters. The minimum atomic E-state index is 0. The predicted octanol–water partition coefficient (Wildman–Crippen LogP) is 3.19. The van der Waals surface area contributed by atoms with Crippen LogP contribution >= 0.6 is 35.7 Å². The summed E-state index contributed by atoms with van der Waals surface area (Å²) in [6.45, 7) is 2.35. The molecule has 0 saturated heterocycles. The molecule has 0 aliphatic heterocycles. The van der Waals surface area contributed by atoms with E-state index in [1.165, 1.54) is 24.8 Å². The Morgan fingerprint density at radius 2 is 2.15 bits per heavy atom. The third-order valence-electron chi connectivity index (χ3n) is 4.45. The van der Waals surface area contributed by atoms with Crippen LogP contribution in [-0.4, -0.2) is 62.7 Å². The smallest absolute Gasteiger partial charge is 0.191 e. The van der Waals surface area contributed by atoms with Crippen LogP contribution in [0.25, 0.3) is 0 Å². The molecule has 1 fully saturated rings. The molecule has 1 aromatic carbocycles. The lowest BCUT2D eigenvalue weighted by atomic mass is 10.2. The van der Waals surface area contributed by atoms with Crippen molar-refractivity contribution in [1.82, 2.24) is 15.5 Å². The average molecular weight is 492 g/mol. The Morgan fingerprint density at radius 1 is 1.35 bits per heavy atom. The number of nitrogens with zero attached hydrogens (tertiary/aromatic N) is 2. The molecule has 7 heteroatoms. The Balaban J connectivity index is 0.00000338. The molecule has 1 aromatic rings. The number of thioether (sulfide) groups is 1. The minimum absolute atomic E-state index is 0. The number of guanidine groups is 1. The zero-order valence-electron chi connectivity index (χ0n) is 16.3. The molecule has 1 saturated carbocycles. The van der Waals surface area contributed by atoms with Crippen molar-refractivity contribution < 1.29 is 4.74 Å². The van der Waals surface area contributed by atoms with Crippen molar-refractivity contribution in [1.29, 1.82) is 0 Å². The van der Waals surface area contributed by atoms with E-state index >= 15 is 0 Å². The van der Waals surface area contributed by atoms with Gasteiger partial charge in [-0.1, -0.05) is 12.1 Å². The second kappa shape index (κ2) is 12.7. The van der Waals surface area contributed by atoms with E-state index in [0.717, 1.165) is 30.0 Å². The Morgan fingerprint density at radius 3 is 2.81 bits per heavy atom. The third kappa shape index (κ3) is 8.35. The lowest BCUT2D eigenvalue weighted by molar-refractivity contribution is 0.261. The largest absolute Gasteiger partial charge is 0.492 e. The number of hydrogen-bond acceptors (Lipinski definition) is 4. The van der Waals surface area contributed by atoms with Gasteiger partial charge in [0.25, 0.3) is 0 Å². The molecule has 0 spiro atoms. The van der Waals surface area contributed by atoms with Crippen molar-refractivity contribution in [2.24, 2.45) is 4.99 Å². The third-order valence-corrected chi connectivity index (χ3v) is 5.54. The molecule has 0 amide bonds. The van der Waals surface area contributed by atoms with E-state index in [-0.39, 0.29) is 24.0 Å². The van der Waals surface area contributed by atoms with Crippen LogP contribution in [0.1, 0.15) is 24.8 Å². The Kier molecular flexibility index (Phi) is 11.4. The standard InChI is InChI=1S/C19H32N4OS.HI/c1-20-19(22-16-8-9-18(13-16)25-4)21-14-15-6-5-7-17(12-15)24-11-10-23(2)3;/h5-7,12,16,18H,8-11,13-14H2,1-4H3,(H2,20,21,22);1H. The van der Waals surface area contributed by atoms with Gasteiger partial charge >= 0.3 is 0 Å². The molecular formula is C19H33IN4OS. The fourth-order valence-electron chi connectivity index (χ4n) is 2.95. The lowest BCUT2D eigenvalue weighted by Gasteiger charge is -2.17. The van der Waals surface area contributed by atoms with E-state index in [9.17, 15) is 0 Å². The highest BCUT2D eigenvalue weighted by molar-refractivity contribution is 14.0. The molecule has 1 aliphatic rings. The minimum Gasteiger partial charge on any atom is -0.492 e. The molecule has 1 aliphatic carbocycles. The van der Waals surface area contributed by atoms with Gasteiger partial charge in [-0.2, -0.15) is 11.8 Å². The molecule has 2 rings (SSSR count). The van der Waals surface area contributed by atoms with Crippen LogP contribution in [0.3, 0.4) is 0 Å². The van der Waals surface area contributed by atoms with Gasteiger partial charge in [0.05, 0.1) is 0 Å². The zero-order chi connectivity index (χ0) is 18.1. The normalized spacial score (nSPS) is 20.0. The fraction of sp³-hybridized carbons (Fsp3) is 0.632. The monoisotopic (exact) mass is 492 g/mol. The first-order valence-corrected chi connectivity index (χ1v) is 10.3. The number of aliphatic imine (C=N–C) groups is 1. The highest BCUT2D eigenvalue weighted by Crippen LogP contribution is 2.28. The molecular weight excluding hydrogens is 459 g/mol. The summed E-state index contributed by atoms with van der Waals surface area (Å²) in [4.78, 5) is 6.48. The van der Waals surface area contributed by atoms with Gasteiger partial charge in [0, 0.05) is 31.4 Å². The van der Waals surface area contributed by atoms with E-state index in [4.69, 9.17) is 4.74 Å². The number of likely N-dealkylation sites (N-methyl/N-ethyl adjacent to an activating group) is 1. The highest BCUT2D eigenvalue weighted by atomic mass is 127. The zero-order valence-corrected chi connectivity index (χ0v) is 19.5. The average Bonchev–Trinajstić information content (AvgIpc) is 3.06. The summed E-state index contributed by atoms with van der Waals surface area (Å²) in [5.74, 6) is 1.80. The lowest BCUT2D eigenvalue weighted by Crippen LogP contribution is -2.42. The van der Waals surface area contributed by atoms with Gasteiger partial charge in [-0.05, 0) is 57.3 Å². The highest BCUT2D eigenvalue weighted by Gasteiger charge is 2.24. The maximum absolute atomic E-state index is 5.80. The van der Waals surface area contributed by atoms with Crippen LogP contribution in [0.2, 0.25) is 0 Å². The van der Waals surface area contributed by atoms with Gasteiger partial charge in [-0.3, -0.25) is 4.99 Å². The second-order valence-corrected chi connectivity index (χ2v) is 7.88. The maximum Gasteiger partial charge on any atom is 0.191 e. The van der Waals surface area contributed by atoms with Crippen LogP contribution in [0, 0.1) is 0 Å². The van der Waals surface area contributed by atoms with Gasteiger partial charge in [0.15, 0.2) is 5.96 Å². The van der Waals surface area contributed by atoms with Crippen LogP contribution in [0.15, 0.2) is 29.3 Å². The molecule has 26 heavy (non-hydrogen) atoms. The van der Waals surface area contributed by atoms with E-state index in [1.54, 1.807) is 0 Å². The van der Waals surface area contributed by atoms with Crippen molar-refractivity contribution in [2.75, 3.05) is 40.6 Å². The van der Waals surface area contributed by atoms with Crippen molar-refractivity contribution in [2.45, 2.75) is 37.1 Å². The molecule has 0 radical (unpaired) electrons. The van der Waals surface area contributed by atoms with Crippen LogP contribution in [0.4, 0.5) is 0 Å². The van der Waals surface area contributed by atoms with E-state index in [1.807, 2.05) is 45.0 Å². The first-order chi connectivity index (χ1) is 12.1. The molecule has 0 bridgehead atoms. The quantitative estimate of drug-likeness (QED) is 0.332. The van der Waals surface area contributed by atoms with Crippen molar-refractivity contribution >= 4 is 41.7 Å². The van der Waals surface area contributed by atoms with Gasteiger partial charge in [-0.25, -0.2) is 0 Å². The SMILES string of the molecule is CN=C(NCc1cccc(OCCN(C)C)c1)NC1CCC(SC)C1.I. The summed E-state index contributed by atoms with van der Waals surface area (Å²) in [6.07, 6.45) is 5.94. The summed E-state index contributed by atoms with van der Waals surface area (Å²) in [6, 6.07) is 8.78. The molecule has 0 heterocycles. The molecule has 148 valence electrons. The van der Waals surface area contributed by atoms with Crippen molar-refractivity contribution in [3.63, 3.8) is 0 Å². The first-order valence-electron chi connectivity index (χ1n) is 8.97. The van der Waals surface area contributed by atoms with Gasteiger partial charge in [0.2, 0.25) is 0 Å². The number of benzene rings is 1. The molecule has 2 atom stereocenters. The number of rotatable bonds is 8. The van der Waals surface area contributed by atoms with E-state index < -0.39 is 0 Å². The van der Waals surface area contributed by atoms with Gasteiger partial charge in [0.1, 0.15) is 12.4 Å². The summed E-state index contributed by atoms with van der Waals surface area (Å²) in [7, 11) is 5.93. The van der Waals surface area contributed by atoms with E-state index in [0.29, 0.717) is 12.6 Å². The Hall–Kier alpha value is -0.670. The Bertz CT molecular complexity index is 556.